The molecule has 0 aromatic heterocycles. The SMILES string of the molecule is COC(=O)C1CCOc2ccc(C)cc21. The minimum Gasteiger partial charge on any atom is -0.493 e. The number of hydrogen-bond acceptors (Lipinski definition) is 3. The lowest BCUT2D eigenvalue weighted by atomic mass is 9.92. The van der Waals surface area contributed by atoms with Crippen molar-refractivity contribution in [2.45, 2.75) is 19.3 Å². The van der Waals surface area contributed by atoms with E-state index in [1.807, 2.05) is 25.1 Å². The molecule has 3 heteroatoms. The molecule has 1 heterocycles. The maximum absolute atomic E-state index is 11.6. The zero-order valence-electron chi connectivity index (χ0n) is 8.95. The molecule has 80 valence electrons. The number of hydrogen-bond donors (Lipinski definition) is 0. The van der Waals surface area contributed by atoms with Crippen molar-refractivity contribution in [3.8, 4) is 5.75 Å². The highest BCUT2D eigenvalue weighted by molar-refractivity contribution is 5.79. The molecule has 0 bridgehead atoms. The average molecular weight is 206 g/mol. The molecule has 0 amide bonds. The number of carbonyl (C=O) groups is 1. The van der Waals surface area contributed by atoms with E-state index < -0.39 is 0 Å². The Bertz CT molecular complexity index is 384. The topological polar surface area (TPSA) is 35.5 Å². The van der Waals surface area contributed by atoms with E-state index in [9.17, 15) is 4.79 Å². The Morgan fingerprint density at radius 2 is 2.33 bits per heavy atom. The summed E-state index contributed by atoms with van der Waals surface area (Å²) in [4.78, 5) is 11.6. The highest BCUT2D eigenvalue weighted by atomic mass is 16.5. The summed E-state index contributed by atoms with van der Waals surface area (Å²) in [5.41, 5.74) is 2.08. The van der Waals surface area contributed by atoms with E-state index >= 15 is 0 Å². The summed E-state index contributed by atoms with van der Waals surface area (Å²) in [6.07, 6.45) is 0.698. The Labute approximate surface area is 89.0 Å². The normalized spacial score (nSPS) is 18.9. The zero-order chi connectivity index (χ0) is 10.8. The van der Waals surface area contributed by atoms with Crippen LogP contribution in [-0.2, 0) is 9.53 Å². The third-order valence-electron chi connectivity index (χ3n) is 2.69. The Morgan fingerprint density at radius 1 is 1.53 bits per heavy atom. The van der Waals surface area contributed by atoms with Gasteiger partial charge in [0.1, 0.15) is 5.75 Å². The van der Waals surface area contributed by atoms with Gasteiger partial charge in [0.2, 0.25) is 0 Å². The van der Waals surface area contributed by atoms with Gasteiger partial charge in [-0.15, -0.1) is 0 Å². The molecule has 1 atom stereocenters. The second-order valence-corrected chi connectivity index (χ2v) is 3.75. The summed E-state index contributed by atoms with van der Waals surface area (Å²) in [6.45, 7) is 2.58. The largest absolute Gasteiger partial charge is 0.493 e. The maximum Gasteiger partial charge on any atom is 0.313 e. The number of aryl methyl sites for hydroxylation is 1. The van der Waals surface area contributed by atoms with Crippen molar-refractivity contribution >= 4 is 5.97 Å². The highest BCUT2D eigenvalue weighted by Crippen LogP contribution is 2.34. The monoisotopic (exact) mass is 206 g/mol. The molecular formula is C12H14O3. The van der Waals surface area contributed by atoms with E-state index in [0.717, 1.165) is 16.9 Å². The second kappa shape index (κ2) is 3.93. The summed E-state index contributed by atoms with van der Waals surface area (Å²) in [7, 11) is 1.42. The summed E-state index contributed by atoms with van der Waals surface area (Å²) in [5.74, 6) is 0.464. The first-order chi connectivity index (χ1) is 7.22. The van der Waals surface area contributed by atoms with Gasteiger partial charge in [0.05, 0.1) is 19.6 Å². The van der Waals surface area contributed by atoms with Crippen molar-refractivity contribution in [3.05, 3.63) is 29.3 Å². The van der Waals surface area contributed by atoms with Crippen molar-refractivity contribution in [2.75, 3.05) is 13.7 Å². The fraction of sp³-hybridized carbons (Fsp3) is 0.417. The van der Waals surface area contributed by atoms with E-state index in [2.05, 4.69) is 0 Å². The van der Waals surface area contributed by atoms with Crippen LogP contribution in [0.5, 0.6) is 5.75 Å². The number of fused-ring (bicyclic) bond motifs is 1. The lowest BCUT2D eigenvalue weighted by Crippen LogP contribution is -2.22. The van der Waals surface area contributed by atoms with Crippen LogP contribution in [0.2, 0.25) is 0 Å². The number of rotatable bonds is 1. The van der Waals surface area contributed by atoms with Crippen LogP contribution in [0.4, 0.5) is 0 Å². The molecule has 1 aliphatic heterocycles. The number of benzene rings is 1. The standard InChI is InChI=1S/C12H14O3/c1-8-3-4-11-10(7-8)9(5-6-15-11)12(13)14-2/h3-4,7,9H,5-6H2,1-2H3. The number of ether oxygens (including phenoxy) is 2. The molecule has 1 aromatic carbocycles. The number of esters is 1. The van der Waals surface area contributed by atoms with Gasteiger partial charge in [0.15, 0.2) is 0 Å². The molecular weight excluding hydrogens is 192 g/mol. The van der Waals surface area contributed by atoms with E-state index in [4.69, 9.17) is 9.47 Å². The molecule has 3 nitrogen and oxygen atoms in total. The Balaban J connectivity index is 2.40. The summed E-state index contributed by atoms with van der Waals surface area (Å²) >= 11 is 0. The van der Waals surface area contributed by atoms with E-state index in [-0.39, 0.29) is 11.9 Å². The Hall–Kier alpha value is -1.51. The van der Waals surface area contributed by atoms with Crippen molar-refractivity contribution in [2.24, 2.45) is 0 Å². The Kier molecular flexibility index (Phi) is 2.62. The van der Waals surface area contributed by atoms with Crippen LogP contribution < -0.4 is 4.74 Å². The minimum atomic E-state index is -0.176. The Morgan fingerprint density at radius 3 is 3.07 bits per heavy atom. The third-order valence-corrected chi connectivity index (χ3v) is 2.69. The quantitative estimate of drug-likeness (QED) is 0.659. The first-order valence-electron chi connectivity index (χ1n) is 5.03. The molecule has 1 aromatic rings. The average Bonchev–Trinajstić information content (AvgIpc) is 2.27. The van der Waals surface area contributed by atoms with Gasteiger partial charge in [-0.1, -0.05) is 17.7 Å². The van der Waals surface area contributed by atoms with Crippen LogP contribution in [0.15, 0.2) is 18.2 Å². The highest BCUT2D eigenvalue weighted by Gasteiger charge is 2.28. The molecule has 0 saturated heterocycles. The van der Waals surface area contributed by atoms with Gasteiger partial charge >= 0.3 is 5.97 Å². The van der Waals surface area contributed by atoms with E-state index in [0.29, 0.717) is 13.0 Å². The molecule has 1 unspecified atom stereocenters. The molecule has 0 saturated carbocycles. The first-order valence-corrected chi connectivity index (χ1v) is 5.03. The molecule has 0 N–H and O–H groups in total. The molecule has 15 heavy (non-hydrogen) atoms. The van der Waals surface area contributed by atoms with Crippen molar-refractivity contribution in [3.63, 3.8) is 0 Å². The van der Waals surface area contributed by atoms with Gasteiger partial charge < -0.3 is 9.47 Å². The zero-order valence-corrected chi connectivity index (χ0v) is 8.95. The maximum atomic E-state index is 11.6. The lowest BCUT2D eigenvalue weighted by molar-refractivity contribution is -0.143. The van der Waals surface area contributed by atoms with Crippen molar-refractivity contribution in [1.29, 1.82) is 0 Å². The molecule has 0 radical (unpaired) electrons. The van der Waals surface area contributed by atoms with E-state index in [1.165, 1.54) is 7.11 Å². The number of carbonyl (C=O) groups excluding carboxylic acids is 1. The smallest absolute Gasteiger partial charge is 0.313 e. The molecule has 0 aliphatic carbocycles. The van der Waals surface area contributed by atoms with Crippen LogP contribution >= 0.6 is 0 Å². The van der Waals surface area contributed by atoms with Crippen molar-refractivity contribution < 1.29 is 14.3 Å². The fourth-order valence-corrected chi connectivity index (χ4v) is 1.90. The molecule has 1 aliphatic rings. The lowest BCUT2D eigenvalue weighted by Gasteiger charge is -2.24. The predicted molar refractivity (Wildman–Crippen MR) is 56.0 cm³/mol. The van der Waals surface area contributed by atoms with Crippen LogP contribution in [0.3, 0.4) is 0 Å². The van der Waals surface area contributed by atoms with Crippen LogP contribution in [0.1, 0.15) is 23.5 Å². The van der Waals surface area contributed by atoms with Gasteiger partial charge in [-0.05, 0) is 19.4 Å². The minimum absolute atomic E-state index is 0.168. The van der Waals surface area contributed by atoms with Gasteiger partial charge in [-0.3, -0.25) is 4.79 Å². The summed E-state index contributed by atoms with van der Waals surface area (Å²) in [6, 6.07) is 5.90. The van der Waals surface area contributed by atoms with Gasteiger partial charge in [0.25, 0.3) is 0 Å². The number of methoxy groups -OCH3 is 1. The first kappa shape index (κ1) is 10.0. The van der Waals surface area contributed by atoms with Gasteiger partial charge in [-0.25, -0.2) is 0 Å². The van der Waals surface area contributed by atoms with Crippen LogP contribution in [0.25, 0.3) is 0 Å². The van der Waals surface area contributed by atoms with Gasteiger partial charge in [0, 0.05) is 5.56 Å². The fourth-order valence-electron chi connectivity index (χ4n) is 1.90. The summed E-state index contributed by atoms with van der Waals surface area (Å²) in [5, 5.41) is 0. The summed E-state index contributed by atoms with van der Waals surface area (Å²) < 4.78 is 10.3. The van der Waals surface area contributed by atoms with E-state index in [1.54, 1.807) is 0 Å². The van der Waals surface area contributed by atoms with Crippen LogP contribution in [0, 0.1) is 6.92 Å². The van der Waals surface area contributed by atoms with Gasteiger partial charge in [-0.2, -0.15) is 0 Å². The van der Waals surface area contributed by atoms with Crippen molar-refractivity contribution in [1.82, 2.24) is 0 Å². The predicted octanol–water partition coefficient (Wildman–Crippen LogP) is 2.03. The molecule has 2 rings (SSSR count). The second-order valence-electron chi connectivity index (χ2n) is 3.75. The molecule has 0 fully saturated rings. The third kappa shape index (κ3) is 1.82. The molecule has 0 spiro atoms. The van der Waals surface area contributed by atoms with Crippen LogP contribution in [-0.4, -0.2) is 19.7 Å².